The largest absolute Gasteiger partial charge is 0.456 e. The van der Waals surface area contributed by atoms with Gasteiger partial charge >= 0.3 is 0 Å². The minimum Gasteiger partial charge on any atom is -0.456 e. The molecule has 0 saturated heterocycles. The Morgan fingerprint density at radius 1 is 0.706 bits per heavy atom. The summed E-state index contributed by atoms with van der Waals surface area (Å²) in [5, 5.41) is 3.69. The predicted octanol–water partition coefficient (Wildman–Crippen LogP) is 9.04. The molecule has 0 aliphatic heterocycles. The van der Waals surface area contributed by atoms with Crippen molar-refractivity contribution in [2.45, 2.75) is 13.8 Å². The smallest absolute Gasteiger partial charge is 0.135 e. The number of furan rings is 1. The minimum absolute atomic E-state index is 0.893. The second-order valence-corrected chi connectivity index (χ2v) is 8.63. The lowest BCUT2D eigenvalue weighted by molar-refractivity contribution is 0.603. The Labute approximate surface area is 199 Å². The van der Waals surface area contributed by atoms with E-state index in [0.717, 1.165) is 22.5 Å². The first-order valence-corrected chi connectivity index (χ1v) is 11.7. The number of para-hydroxylation sites is 2. The van der Waals surface area contributed by atoms with Gasteiger partial charge in [-0.1, -0.05) is 66.7 Å². The zero-order valence-corrected chi connectivity index (χ0v) is 19.3. The first-order chi connectivity index (χ1) is 16.7. The van der Waals surface area contributed by atoms with Crippen LogP contribution in [0, 0.1) is 6.92 Å². The molecule has 0 N–H and O–H groups in total. The summed E-state index contributed by atoms with van der Waals surface area (Å²) >= 11 is 0. The molecule has 34 heavy (non-hydrogen) atoms. The maximum absolute atomic E-state index is 6.15. The third kappa shape index (κ3) is 3.27. The van der Waals surface area contributed by atoms with Crippen molar-refractivity contribution in [2.75, 3.05) is 0 Å². The van der Waals surface area contributed by atoms with Crippen LogP contribution in [-0.4, -0.2) is 4.57 Å². The second-order valence-electron chi connectivity index (χ2n) is 8.63. The number of fused-ring (bicyclic) bond motifs is 4. The number of hydrogen-bond acceptors (Lipinski definition) is 1. The highest BCUT2D eigenvalue weighted by molar-refractivity contribution is 6.10. The molecule has 2 heterocycles. The zero-order valence-electron chi connectivity index (χ0n) is 19.3. The van der Waals surface area contributed by atoms with Crippen molar-refractivity contribution < 1.29 is 4.42 Å². The summed E-state index contributed by atoms with van der Waals surface area (Å²) in [6, 6.07) is 32.1. The summed E-state index contributed by atoms with van der Waals surface area (Å²) in [4.78, 5) is 0. The van der Waals surface area contributed by atoms with E-state index < -0.39 is 0 Å². The van der Waals surface area contributed by atoms with Gasteiger partial charge in [-0.3, -0.25) is 0 Å². The zero-order chi connectivity index (χ0) is 23.1. The van der Waals surface area contributed by atoms with Crippen LogP contribution in [0.15, 0.2) is 101 Å². The van der Waals surface area contributed by atoms with Crippen molar-refractivity contribution in [3.8, 4) is 5.69 Å². The van der Waals surface area contributed by atoms with E-state index in [9.17, 15) is 0 Å². The highest BCUT2D eigenvalue weighted by Gasteiger charge is 2.13. The molecule has 6 aromatic rings. The average molecular weight is 440 g/mol. The predicted molar refractivity (Wildman–Crippen MR) is 145 cm³/mol. The van der Waals surface area contributed by atoms with E-state index in [2.05, 4.69) is 103 Å². The summed E-state index contributed by atoms with van der Waals surface area (Å²) in [5.41, 5.74) is 8.04. The molecule has 0 radical (unpaired) electrons. The van der Waals surface area contributed by atoms with E-state index in [-0.39, 0.29) is 0 Å². The van der Waals surface area contributed by atoms with Crippen molar-refractivity contribution in [1.29, 1.82) is 0 Å². The summed E-state index contributed by atoms with van der Waals surface area (Å²) in [7, 11) is 0. The lowest BCUT2D eigenvalue weighted by atomic mass is 10.0. The molecule has 0 bridgehead atoms. The molecule has 0 amide bonds. The van der Waals surface area contributed by atoms with Crippen LogP contribution in [0.25, 0.3) is 56.7 Å². The Kier molecular flexibility index (Phi) is 4.92. The van der Waals surface area contributed by atoms with Gasteiger partial charge in [0.25, 0.3) is 0 Å². The molecule has 4 aromatic carbocycles. The van der Waals surface area contributed by atoms with Crippen molar-refractivity contribution in [3.05, 3.63) is 120 Å². The standard InChI is InChI=1S/C32H25NO/c1-3-10-30-26(32-22(2)11-9-16-31(32)34-30)19-17-23-18-20-29-27(21-23)25-14-7-8-15-28(25)33(29)24-12-5-4-6-13-24/h3-21H,1-2H3/b10-3-,19-17?. The van der Waals surface area contributed by atoms with E-state index in [4.69, 9.17) is 4.42 Å². The van der Waals surface area contributed by atoms with Crippen LogP contribution in [0.2, 0.25) is 0 Å². The Hall–Kier alpha value is -4.30. The van der Waals surface area contributed by atoms with Crippen LogP contribution in [0.5, 0.6) is 0 Å². The van der Waals surface area contributed by atoms with Gasteiger partial charge in [0.1, 0.15) is 11.3 Å². The molecular formula is C32H25NO. The van der Waals surface area contributed by atoms with Gasteiger partial charge in [-0.25, -0.2) is 0 Å². The number of rotatable bonds is 4. The second kappa shape index (κ2) is 8.24. The van der Waals surface area contributed by atoms with Crippen LogP contribution in [0.3, 0.4) is 0 Å². The number of aryl methyl sites for hydroxylation is 1. The maximum Gasteiger partial charge on any atom is 0.135 e. The molecule has 2 nitrogen and oxygen atoms in total. The molecule has 164 valence electrons. The first-order valence-electron chi connectivity index (χ1n) is 11.7. The maximum atomic E-state index is 6.15. The lowest BCUT2D eigenvalue weighted by Gasteiger charge is -2.07. The van der Waals surface area contributed by atoms with Crippen molar-refractivity contribution in [2.24, 2.45) is 0 Å². The SMILES string of the molecule is C/C=C\c1oc2cccc(C)c2c1C=Cc1ccc2c(c1)c1ccccc1n2-c1ccccc1. The molecule has 0 atom stereocenters. The number of benzene rings is 4. The number of hydrogen-bond donors (Lipinski definition) is 0. The van der Waals surface area contributed by atoms with Crippen LogP contribution in [0.4, 0.5) is 0 Å². The average Bonchev–Trinajstić information content (AvgIpc) is 3.39. The third-order valence-electron chi connectivity index (χ3n) is 6.46. The summed E-state index contributed by atoms with van der Waals surface area (Å²) < 4.78 is 8.49. The first kappa shape index (κ1) is 20.3. The van der Waals surface area contributed by atoms with E-state index in [1.165, 1.54) is 38.4 Å². The molecule has 2 heteroatoms. The van der Waals surface area contributed by atoms with Crippen LogP contribution in [-0.2, 0) is 0 Å². The summed E-state index contributed by atoms with van der Waals surface area (Å²) in [5.74, 6) is 0.893. The van der Waals surface area contributed by atoms with Crippen molar-refractivity contribution >= 4 is 51.0 Å². The Balaban J connectivity index is 1.52. The Bertz CT molecular complexity index is 1710. The molecule has 0 unspecified atom stereocenters. The van der Waals surface area contributed by atoms with Crippen LogP contribution >= 0.6 is 0 Å². The Morgan fingerprint density at radius 3 is 2.35 bits per heavy atom. The van der Waals surface area contributed by atoms with Gasteiger partial charge < -0.3 is 8.98 Å². The van der Waals surface area contributed by atoms with E-state index in [1.54, 1.807) is 0 Å². The molecule has 0 aliphatic carbocycles. The van der Waals surface area contributed by atoms with Gasteiger partial charge in [0.15, 0.2) is 0 Å². The number of aromatic nitrogens is 1. The summed E-state index contributed by atoms with van der Waals surface area (Å²) in [6.07, 6.45) is 8.44. The molecule has 0 saturated carbocycles. The lowest BCUT2D eigenvalue weighted by Crippen LogP contribution is -1.92. The van der Waals surface area contributed by atoms with E-state index >= 15 is 0 Å². The molecule has 0 spiro atoms. The fourth-order valence-corrected chi connectivity index (χ4v) is 4.94. The normalized spacial score (nSPS) is 12.2. The fourth-order valence-electron chi connectivity index (χ4n) is 4.94. The minimum atomic E-state index is 0.893. The molecular weight excluding hydrogens is 414 g/mol. The monoisotopic (exact) mass is 439 g/mol. The van der Waals surface area contributed by atoms with Crippen LogP contribution < -0.4 is 0 Å². The van der Waals surface area contributed by atoms with E-state index in [1.807, 2.05) is 31.2 Å². The van der Waals surface area contributed by atoms with Gasteiger partial charge in [-0.15, -0.1) is 0 Å². The quantitative estimate of drug-likeness (QED) is 0.268. The molecule has 0 fully saturated rings. The molecule has 6 rings (SSSR count). The van der Waals surface area contributed by atoms with E-state index in [0.29, 0.717) is 0 Å². The van der Waals surface area contributed by atoms with Gasteiger partial charge in [-0.2, -0.15) is 0 Å². The van der Waals surface area contributed by atoms with Gasteiger partial charge in [0.2, 0.25) is 0 Å². The van der Waals surface area contributed by atoms with Gasteiger partial charge in [-0.05, 0) is 73.5 Å². The topological polar surface area (TPSA) is 18.1 Å². The van der Waals surface area contributed by atoms with Gasteiger partial charge in [0, 0.05) is 27.4 Å². The highest BCUT2D eigenvalue weighted by atomic mass is 16.3. The van der Waals surface area contributed by atoms with Crippen molar-refractivity contribution in [1.82, 2.24) is 4.57 Å². The van der Waals surface area contributed by atoms with Gasteiger partial charge in [0.05, 0.1) is 11.0 Å². The highest BCUT2D eigenvalue weighted by Crippen LogP contribution is 2.34. The van der Waals surface area contributed by atoms with Crippen LogP contribution in [0.1, 0.15) is 29.4 Å². The van der Waals surface area contributed by atoms with Crippen molar-refractivity contribution in [3.63, 3.8) is 0 Å². The number of nitrogens with zero attached hydrogens (tertiary/aromatic N) is 1. The molecule has 2 aromatic heterocycles. The Morgan fingerprint density at radius 2 is 1.50 bits per heavy atom. The summed E-state index contributed by atoms with van der Waals surface area (Å²) in [6.45, 7) is 4.16. The third-order valence-corrected chi connectivity index (χ3v) is 6.46. The number of allylic oxidation sites excluding steroid dienone is 1. The fraction of sp³-hybridized carbons (Fsp3) is 0.0625. The molecule has 0 aliphatic rings.